The summed E-state index contributed by atoms with van der Waals surface area (Å²) in [5.74, 6) is 0.220. The summed E-state index contributed by atoms with van der Waals surface area (Å²) >= 11 is 0. The first-order valence-electron chi connectivity index (χ1n) is 5.18. The number of carbonyl (C=O) groups is 2. The maximum absolute atomic E-state index is 11.6. The van der Waals surface area contributed by atoms with Gasteiger partial charge in [-0.2, -0.15) is 0 Å². The van der Waals surface area contributed by atoms with Crippen LogP contribution in [0, 0.1) is 11.8 Å². The number of urea groups is 1. The molecule has 0 saturated carbocycles. The van der Waals surface area contributed by atoms with E-state index in [1.165, 1.54) is 0 Å². The Morgan fingerprint density at radius 3 is 2.07 bits per heavy atom. The summed E-state index contributed by atoms with van der Waals surface area (Å²) in [6.07, 6.45) is 0. The van der Waals surface area contributed by atoms with Crippen molar-refractivity contribution >= 4 is 11.9 Å². The lowest BCUT2D eigenvalue weighted by atomic mass is 10.0. The van der Waals surface area contributed by atoms with E-state index in [1.807, 2.05) is 27.7 Å². The molecule has 88 valence electrons. The number of hydrogen-bond acceptors (Lipinski definition) is 2. The number of nitrogens with two attached hydrogens (primary N) is 1. The molecule has 0 aromatic rings. The molecule has 0 bridgehead atoms. The Labute approximate surface area is 90.8 Å². The Morgan fingerprint density at radius 2 is 1.73 bits per heavy atom. The molecule has 0 fully saturated rings. The zero-order valence-electron chi connectivity index (χ0n) is 9.83. The average molecular weight is 215 g/mol. The molecule has 0 spiro atoms. The normalized spacial score (nSPS) is 12.7. The lowest BCUT2D eigenvalue weighted by Crippen LogP contribution is -2.51. The van der Waals surface area contributed by atoms with Gasteiger partial charge in [0.15, 0.2) is 0 Å². The monoisotopic (exact) mass is 215 g/mol. The minimum atomic E-state index is -0.673. The van der Waals surface area contributed by atoms with E-state index in [4.69, 9.17) is 5.73 Å². The summed E-state index contributed by atoms with van der Waals surface area (Å²) < 4.78 is 0. The van der Waals surface area contributed by atoms with Crippen LogP contribution >= 0.6 is 0 Å². The van der Waals surface area contributed by atoms with E-state index in [9.17, 15) is 9.59 Å². The first-order valence-corrected chi connectivity index (χ1v) is 5.18. The minimum absolute atomic E-state index is 0.0182. The highest BCUT2D eigenvalue weighted by Gasteiger charge is 2.22. The third kappa shape index (κ3) is 5.93. The van der Waals surface area contributed by atoms with E-state index < -0.39 is 12.1 Å². The second kappa shape index (κ2) is 6.27. The summed E-state index contributed by atoms with van der Waals surface area (Å²) in [6.45, 7) is 8.33. The molecule has 5 heteroatoms. The molecule has 4 N–H and O–H groups in total. The summed E-state index contributed by atoms with van der Waals surface area (Å²) in [5, 5.41) is 5.19. The van der Waals surface area contributed by atoms with E-state index in [2.05, 4.69) is 10.6 Å². The van der Waals surface area contributed by atoms with Gasteiger partial charge in [0, 0.05) is 6.54 Å². The lowest BCUT2D eigenvalue weighted by Gasteiger charge is -2.21. The number of primary amides is 1. The van der Waals surface area contributed by atoms with E-state index in [-0.39, 0.29) is 11.8 Å². The predicted molar refractivity (Wildman–Crippen MR) is 59.2 cm³/mol. The number of hydrogen-bond donors (Lipinski definition) is 3. The first kappa shape index (κ1) is 13.7. The van der Waals surface area contributed by atoms with Crippen molar-refractivity contribution < 1.29 is 9.59 Å². The average Bonchev–Trinajstić information content (AvgIpc) is 2.09. The van der Waals surface area contributed by atoms with Crippen molar-refractivity contribution in [2.45, 2.75) is 33.7 Å². The number of nitrogens with one attached hydrogen (secondary N) is 2. The maximum atomic E-state index is 11.6. The smallest absolute Gasteiger partial charge is 0.312 e. The van der Waals surface area contributed by atoms with Crippen LogP contribution in [-0.4, -0.2) is 24.5 Å². The molecular formula is C10H21N3O2. The van der Waals surface area contributed by atoms with Crippen molar-refractivity contribution in [3.63, 3.8) is 0 Å². The van der Waals surface area contributed by atoms with Crippen molar-refractivity contribution in [3.05, 3.63) is 0 Å². The van der Waals surface area contributed by atoms with Gasteiger partial charge in [-0.3, -0.25) is 4.79 Å². The fourth-order valence-electron chi connectivity index (χ4n) is 1.10. The third-order valence-corrected chi connectivity index (χ3v) is 1.93. The van der Waals surface area contributed by atoms with Gasteiger partial charge in [0.25, 0.3) is 0 Å². The highest BCUT2D eigenvalue weighted by molar-refractivity contribution is 5.86. The first-order chi connectivity index (χ1) is 6.84. The molecule has 1 unspecified atom stereocenters. The van der Waals surface area contributed by atoms with Crippen LogP contribution < -0.4 is 16.4 Å². The second-order valence-electron chi connectivity index (χ2n) is 4.37. The van der Waals surface area contributed by atoms with E-state index in [0.717, 1.165) is 0 Å². The minimum Gasteiger partial charge on any atom is -0.354 e. The summed E-state index contributed by atoms with van der Waals surface area (Å²) in [6, 6.07) is -1.23. The molecule has 5 nitrogen and oxygen atoms in total. The number of amides is 3. The van der Waals surface area contributed by atoms with Gasteiger partial charge in [-0.05, 0) is 11.8 Å². The van der Waals surface area contributed by atoms with Gasteiger partial charge in [0.2, 0.25) is 5.91 Å². The molecule has 3 amide bonds. The van der Waals surface area contributed by atoms with Gasteiger partial charge in [-0.1, -0.05) is 27.7 Å². The molecule has 0 rings (SSSR count). The van der Waals surface area contributed by atoms with Crippen LogP contribution in [0.4, 0.5) is 4.79 Å². The molecule has 0 heterocycles. The van der Waals surface area contributed by atoms with Gasteiger partial charge in [-0.25, -0.2) is 4.79 Å². The zero-order chi connectivity index (χ0) is 12.0. The van der Waals surface area contributed by atoms with Crippen LogP contribution in [0.5, 0.6) is 0 Å². The molecule has 0 radical (unpaired) electrons. The van der Waals surface area contributed by atoms with Crippen LogP contribution in [0.2, 0.25) is 0 Å². The number of carbonyl (C=O) groups excluding carboxylic acids is 2. The number of rotatable bonds is 5. The van der Waals surface area contributed by atoms with Crippen LogP contribution in [0.3, 0.4) is 0 Å². The quantitative estimate of drug-likeness (QED) is 0.622. The van der Waals surface area contributed by atoms with Crippen molar-refractivity contribution in [3.8, 4) is 0 Å². The summed E-state index contributed by atoms with van der Waals surface area (Å²) in [5.41, 5.74) is 4.99. The largest absolute Gasteiger partial charge is 0.354 e. The SMILES string of the molecule is CC(C)CNC(=O)C(NC(N)=O)C(C)C. The summed E-state index contributed by atoms with van der Waals surface area (Å²) in [4.78, 5) is 22.3. The Bertz CT molecular complexity index is 227. The van der Waals surface area contributed by atoms with Gasteiger partial charge >= 0.3 is 6.03 Å². The molecule has 0 aromatic heterocycles. The zero-order valence-corrected chi connectivity index (χ0v) is 9.83. The molecule has 0 aliphatic heterocycles. The van der Waals surface area contributed by atoms with Crippen LogP contribution in [0.25, 0.3) is 0 Å². The molecule has 0 saturated heterocycles. The highest BCUT2D eigenvalue weighted by atomic mass is 16.2. The van der Waals surface area contributed by atoms with Crippen LogP contribution in [0.1, 0.15) is 27.7 Å². The molecule has 15 heavy (non-hydrogen) atoms. The molecule has 1 atom stereocenters. The van der Waals surface area contributed by atoms with E-state index in [0.29, 0.717) is 12.5 Å². The fraction of sp³-hybridized carbons (Fsp3) is 0.800. The van der Waals surface area contributed by atoms with Crippen molar-refractivity contribution in [1.82, 2.24) is 10.6 Å². The van der Waals surface area contributed by atoms with E-state index in [1.54, 1.807) is 0 Å². The molecule has 0 aromatic carbocycles. The molecular weight excluding hydrogens is 194 g/mol. The van der Waals surface area contributed by atoms with E-state index >= 15 is 0 Å². The Hall–Kier alpha value is -1.26. The maximum Gasteiger partial charge on any atom is 0.312 e. The third-order valence-electron chi connectivity index (χ3n) is 1.93. The van der Waals surface area contributed by atoms with Gasteiger partial charge in [0.1, 0.15) is 6.04 Å². The van der Waals surface area contributed by atoms with Crippen LogP contribution in [0.15, 0.2) is 0 Å². The van der Waals surface area contributed by atoms with Gasteiger partial charge in [0.05, 0.1) is 0 Å². The molecule has 0 aliphatic rings. The van der Waals surface area contributed by atoms with Crippen molar-refractivity contribution in [1.29, 1.82) is 0 Å². The van der Waals surface area contributed by atoms with Crippen LogP contribution in [-0.2, 0) is 4.79 Å². The standard InChI is InChI=1S/C10H21N3O2/c1-6(2)5-12-9(14)8(7(3)4)13-10(11)15/h6-8H,5H2,1-4H3,(H,12,14)(H3,11,13,15). The van der Waals surface area contributed by atoms with Crippen molar-refractivity contribution in [2.24, 2.45) is 17.6 Å². The van der Waals surface area contributed by atoms with Crippen molar-refractivity contribution in [2.75, 3.05) is 6.54 Å². The topological polar surface area (TPSA) is 84.2 Å². The highest BCUT2D eigenvalue weighted by Crippen LogP contribution is 2.01. The van der Waals surface area contributed by atoms with Gasteiger partial charge < -0.3 is 16.4 Å². The van der Waals surface area contributed by atoms with Gasteiger partial charge in [-0.15, -0.1) is 0 Å². The Morgan fingerprint density at radius 1 is 1.20 bits per heavy atom. The fourth-order valence-corrected chi connectivity index (χ4v) is 1.10. The second-order valence-corrected chi connectivity index (χ2v) is 4.37. The Balaban J connectivity index is 4.23. The molecule has 0 aliphatic carbocycles. The predicted octanol–water partition coefficient (Wildman–Crippen LogP) is 0.452. The lowest BCUT2D eigenvalue weighted by molar-refractivity contribution is -0.124. The summed E-state index contributed by atoms with van der Waals surface area (Å²) in [7, 11) is 0. The Kier molecular flexibility index (Phi) is 5.74.